The molecule has 0 amide bonds. The number of aryl methyl sites for hydroxylation is 2. The zero-order valence-electron chi connectivity index (χ0n) is 21.0. The lowest BCUT2D eigenvalue weighted by Gasteiger charge is -2.31. The molecule has 0 bridgehead atoms. The van der Waals surface area contributed by atoms with Crippen molar-refractivity contribution in [3.63, 3.8) is 0 Å². The van der Waals surface area contributed by atoms with Crippen LogP contribution in [-0.4, -0.2) is 15.3 Å². The summed E-state index contributed by atoms with van der Waals surface area (Å²) < 4.78 is 6.49. The Kier molecular flexibility index (Phi) is 6.35. The largest absolute Gasteiger partial charge is 0.508 e. The third-order valence-electron chi connectivity index (χ3n) is 6.71. The first-order valence-electron chi connectivity index (χ1n) is 11.6. The number of hydrogen-bond acceptors (Lipinski definition) is 5. The fourth-order valence-corrected chi connectivity index (χ4v) is 4.38. The molecular weight excluding hydrogens is 438 g/mol. The van der Waals surface area contributed by atoms with Crippen LogP contribution in [0.4, 0.5) is 17.1 Å². The Morgan fingerprint density at radius 2 is 1.06 bits per heavy atom. The average molecular weight is 470 g/mol. The van der Waals surface area contributed by atoms with Crippen LogP contribution >= 0.6 is 0 Å². The minimum atomic E-state index is 0.202. The normalized spacial score (nSPS) is 10.9. The van der Waals surface area contributed by atoms with Crippen LogP contribution in [0.15, 0.2) is 60.7 Å². The molecule has 0 aliphatic heterocycles. The predicted octanol–water partition coefficient (Wildman–Crippen LogP) is 7.92. The first-order valence-corrected chi connectivity index (χ1v) is 11.6. The van der Waals surface area contributed by atoms with Crippen molar-refractivity contribution in [3.05, 3.63) is 94.0 Å². The van der Waals surface area contributed by atoms with E-state index in [0.29, 0.717) is 11.5 Å². The first-order chi connectivity index (χ1) is 16.6. The maximum Gasteiger partial charge on any atom is 0.151 e. The summed E-state index contributed by atoms with van der Waals surface area (Å²) >= 11 is 0. The molecule has 35 heavy (non-hydrogen) atoms. The van der Waals surface area contributed by atoms with Gasteiger partial charge in [0.1, 0.15) is 23.0 Å². The summed E-state index contributed by atoms with van der Waals surface area (Å²) in [6.45, 7) is 11.6. The molecule has 0 saturated carbocycles. The number of phenols is 3. The van der Waals surface area contributed by atoms with Crippen LogP contribution in [0.1, 0.15) is 33.4 Å². The number of benzene rings is 4. The molecule has 4 rings (SSSR count). The van der Waals surface area contributed by atoms with Crippen LogP contribution in [-0.2, 0) is 0 Å². The van der Waals surface area contributed by atoms with Gasteiger partial charge in [-0.1, -0.05) is 12.1 Å². The van der Waals surface area contributed by atoms with Gasteiger partial charge in [-0.15, -0.1) is 0 Å². The van der Waals surface area contributed by atoms with Gasteiger partial charge < -0.3 is 25.0 Å². The molecule has 0 radical (unpaired) electrons. The Morgan fingerprint density at radius 3 is 1.57 bits per heavy atom. The molecule has 0 fully saturated rings. The van der Waals surface area contributed by atoms with Crippen LogP contribution in [0, 0.1) is 41.5 Å². The van der Waals surface area contributed by atoms with Crippen molar-refractivity contribution in [1.82, 2.24) is 0 Å². The average Bonchev–Trinajstić information content (AvgIpc) is 2.82. The summed E-state index contributed by atoms with van der Waals surface area (Å²) in [4.78, 5) is 2.10. The van der Waals surface area contributed by atoms with E-state index in [2.05, 4.69) is 4.90 Å². The lowest BCUT2D eigenvalue weighted by Crippen LogP contribution is -2.14. The van der Waals surface area contributed by atoms with Gasteiger partial charge in [-0.05, 0) is 123 Å². The molecule has 0 atom stereocenters. The third-order valence-corrected chi connectivity index (χ3v) is 6.71. The topological polar surface area (TPSA) is 73.2 Å². The number of phenolic OH excluding ortho intramolecular Hbond substituents is 3. The fraction of sp³-hybridized carbons (Fsp3) is 0.200. The first kappa shape index (κ1) is 24.0. The van der Waals surface area contributed by atoms with Crippen LogP contribution in [0.2, 0.25) is 0 Å². The van der Waals surface area contributed by atoms with Crippen molar-refractivity contribution in [3.8, 4) is 28.7 Å². The molecule has 4 aromatic rings. The van der Waals surface area contributed by atoms with Gasteiger partial charge in [-0.3, -0.25) is 0 Å². The van der Waals surface area contributed by atoms with Crippen molar-refractivity contribution in [2.75, 3.05) is 4.90 Å². The Morgan fingerprint density at radius 1 is 0.571 bits per heavy atom. The molecule has 5 nitrogen and oxygen atoms in total. The molecule has 5 heteroatoms. The van der Waals surface area contributed by atoms with Gasteiger partial charge in [0.25, 0.3) is 0 Å². The monoisotopic (exact) mass is 469 g/mol. The lowest BCUT2D eigenvalue weighted by molar-refractivity contribution is 0.459. The SMILES string of the molecule is Cc1cc(O)cc(C)c1Oc1ccccc1N(c1ccc(O)c(C)c1C)c1ccc(O)c(C)c1C. The second-order valence-electron chi connectivity index (χ2n) is 9.02. The van der Waals surface area contributed by atoms with Crippen molar-refractivity contribution >= 4 is 17.1 Å². The molecule has 180 valence electrons. The number of aromatic hydroxyl groups is 3. The van der Waals surface area contributed by atoms with Gasteiger partial charge >= 0.3 is 0 Å². The molecule has 0 aliphatic carbocycles. The summed E-state index contributed by atoms with van der Waals surface area (Å²) in [5, 5.41) is 30.6. The quantitative estimate of drug-likeness (QED) is 0.277. The van der Waals surface area contributed by atoms with Crippen LogP contribution in [0.3, 0.4) is 0 Å². The van der Waals surface area contributed by atoms with Gasteiger partial charge in [0.05, 0.1) is 5.69 Å². The molecule has 0 spiro atoms. The summed E-state index contributed by atoms with van der Waals surface area (Å²) in [5.74, 6) is 2.01. The maximum atomic E-state index is 10.3. The molecule has 0 unspecified atom stereocenters. The van der Waals surface area contributed by atoms with E-state index in [1.807, 2.05) is 77.9 Å². The fourth-order valence-electron chi connectivity index (χ4n) is 4.38. The highest BCUT2D eigenvalue weighted by Gasteiger charge is 2.23. The van der Waals surface area contributed by atoms with E-state index < -0.39 is 0 Å². The highest BCUT2D eigenvalue weighted by atomic mass is 16.5. The highest BCUT2D eigenvalue weighted by Crippen LogP contribution is 2.47. The standard InChI is InChI=1S/C30H31NO4/c1-17-15-23(32)16-18(2)30(17)35-29-10-8-7-9-26(29)31(24-11-13-27(33)21(5)19(24)3)25-12-14-28(34)22(6)20(25)4/h7-16,32-34H,1-6H3. The van der Waals surface area contributed by atoms with Crippen molar-refractivity contribution in [2.24, 2.45) is 0 Å². The lowest BCUT2D eigenvalue weighted by atomic mass is 10.0. The molecule has 3 N–H and O–H groups in total. The number of para-hydroxylation sites is 2. The van der Waals surface area contributed by atoms with Crippen molar-refractivity contribution in [1.29, 1.82) is 0 Å². The Bertz CT molecular complexity index is 1340. The molecule has 0 aliphatic rings. The summed E-state index contributed by atoms with van der Waals surface area (Å²) in [5.41, 5.74) is 7.71. The molecule has 0 saturated heterocycles. The number of hydrogen-bond donors (Lipinski definition) is 3. The van der Waals surface area contributed by atoms with Crippen molar-refractivity contribution in [2.45, 2.75) is 41.5 Å². The zero-order valence-corrected chi connectivity index (χ0v) is 21.0. The number of nitrogens with zero attached hydrogens (tertiary/aromatic N) is 1. The van der Waals surface area contributed by atoms with E-state index in [1.54, 1.807) is 24.3 Å². The van der Waals surface area contributed by atoms with E-state index in [9.17, 15) is 15.3 Å². The Hall–Kier alpha value is -4.12. The zero-order chi connectivity index (χ0) is 25.4. The van der Waals surface area contributed by atoms with Gasteiger partial charge in [-0.25, -0.2) is 0 Å². The predicted molar refractivity (Wildman–Crippen MR) is 141 cm³/mol. The molecule has 0 heterocycles. The molecule has 4 aromatic carbocycles. The minimum Gasteiger partial charge on any atom is -0.508 e. The molecular formula is C30H31NO4. The van der Waals surface area contributed by atoms with Crippen LogP contribution in [0.25, 0.3) is 0 Å². The molecule has 0 aromatic heterocycles. The van der Waals surface area contributed by atoms with E-state index in [4.69, 9.17) is 4.74 Å². The van der Waals surface area contributed by atoms with Crippen molar-refractivity contribution < 1.29 is 20.1 Å². The van der Waals surface area contributed by atoms with Crippen LogP contribution < -0.4 is 9.64 Å². The van der Waals surface area contributed by atoms with Gasteiger partial charge in [0.2, 0.25) is 0 Å². The maximum absolute atomic E-state index is 10.3. The van der Waals surface area contributed by atoms with E-state index in [1.165, 1.54) is 0 Å². The van der Waals surface area contributed by atoms with E-state index in [0.717, 1.165) is 50.4 Å². The van der Waals surface area contributed by atoms with Gasteiger partial charge in [-0.2, -0.15) is 0 Å². The summed E-state index contributed by atoms with van der Waals surface area (Å²) in [6.07, 6.45) is 0. The third kappa shape index (κ3) is 4.37. The smallest absolute Gasteiger partial charge is 0.151 e. The highest BCUT2D eigenvalue weighted by molar-refractivity contribution is 5.85. The second kappa shape index (κ2) is 9.26. The van der Waals surface area contributed by atoms with Crippen LogP contribution in [0.5, 0.6) is 28.7 Å². The minimum absolute atomic E-state index is 0.202. The van der Waals surface area contributed by atoms with Gasteiger partial charge in [0.15, 0.2) is 5.75 Å². The summed E-state index contributed by atoms with van der Waals surface area (Å²) in [6, 6.07) is 18.3. The van der Waals surface area contributed by atoms with E-state index in [-0.39, 0.29) is 17.2 Å². The number of rotatable bonds is 5. The second-order valence-corrected chi connectivity index (χ2v) is 9.02. The summed E-state index contributed by atoms with van der Waals surface area (Å²) in [7, 11) is 0. The Balaban J connectivity index is 1.98. The van der Waals surface area contributed by atoms with Gasteiger partial charge in [0, 0.05) is 11.4 Å². The van der Waals surface area contributed by atoms with E-state index >= 15 is 0 Å². The Labute approximate surface area is 206 Å². The number of ether oxygens (including phenoxy) is 1. The number of anilines is 3.